The van der Waals surface area contributed by atoms with Crippen LogP contribution in [0.4, 0.5) is 0 Å². The first-order valence-corrected chi connectivity index (χ1v) is 10.9. The Balaban J connectivity index is 1.37. The highest BCUT2D eigenvalue weighted by molar-refractivity contribution is 7.16. The molecule has 8 nitrogen and oxygen atoms in total. The number of ether oxygens (including phenoxy) is 2. The summed E-state index contributed by atoms with van der Waals surface area (Å²) in [6.07, 6.45) is 2.92. The molecule has 158 valence electrons. The Bertz CT molecular complexity index is 1180. The SMILES string of the molecule is O=C1NN=CC1CCCN(Cc1cccc2c1OCO2)C(=O)c1ccc2ncsc2c1. The third-order valence-electron chi connectivity index (χ3n) is 5.41. The van der Waals surface area contributed by atoms with Crippen LogP contribution in [0.1, 0.15) is 28.8 Å². The van der Waals surface area contributed by atoms with Crippen molar-refractivity contribution in [1.82, 2.24) is 15.3 Å². The van der Waals surface area contributed by atoms with Crippen molar-refractivity contribution < 1.29 is 19.1 Å². The first-order chi connectivity index (χ1) is 15.2. The number of fused-ring (bicyclic) bond motifs is 2. The van der Waals surface area contributed by atoms with Gasteiger partial charge in [-0.2, -0.15) is 5.10 Å². The van der Waals surface area contributed by atoms with Crippen LogP contribution in [0.5, 0.6) is 11.5 Å². The second-order valence-corrected chi connectivity index (χ2v) is 8.30. The monoisotopic (exact) mass is 436 g/mol. The van der Waals surface area contributed by atoms with E-state index < -0.39 is 0 Å². The van der Waals surface area contributed by atoms with Gasteiger partial charge in [-0.3, -0.25) is 9.59 Å². The molecule has 0 saturated heterocycles. The number of hydrogen-bond acceptors (Lipinski definition) is 7. The van der Waals surface area contributed by atoms with Crippen molar-refractivity contribution in [2.24, 2.45) is 11.0 Å². The summed E-state index contributed by atoms with van der Waals surface area (Å²) in [5.74, 6) is 0.954. The van der Waals surface area contributed by atoms with E-state index in [1.807, 2.05) is 36.4 Å². The Morgan fingerprint density at radius 2 is 2.19 bits per heavy atom. The van der Waals surface area contributed by atoms with Crippen LogP contribution in [0.25, 0.3) is 10.2 Å². The number of hydrazone groups is 1. The van der Waals surface area contributed by atoms with E-state index in [-0.39, 0.29) is 24.5 Å². The van der Waals surface area contributed by atoms with Crippen LogP contribution >= 0.6 is 11.3 Å². The first kappa shape index (κ1) is 19.5. The maximum Gasteiger partial charge on any atom is 0.254 e. The van der Waals surface area contributed by atoms with Gasteiger partial charge < -0.3 is 14.4 Å². The summed E-state index contributed by atoms with van der Waals surface area (Å²) >= 11 is 1.51. The number of carbonyl (C=O) groups is 2. The molecule has 3 aromatic rings. The largest absolute Gasteiger partial charge is 0.454 e. The van der Waals surface area contributed by atoms with Gasteiger partial charge in [0.1, 0.15) is 0 Å². The number of aromatic nitrogens is 1. The molecule has 9 heteroatoms. The van der Waals surface area contributed by atoms with E-state index in [0.717, 1.165) is 15.8 Å². The zero-order chi connectivity index (χ0) is 21.2. The van der Waals surface area contributed by atoms with E-state index in [0.29, 0.717) is 43.0 Å². The summed E-state index contributed by atoms with van der Waals surface area (Å²) in [7, 11) is 0. The molecule has 0 spiro atoms. The Kier molecular flexibility index (Phi) is 5.25. The number of benzene rings is 2. The number of para-hydroxylation sites is 1. The van der Waals surface area contributed by atoms with Crippen LogP contribution in [0, 0.1) is 5.92 Å². The normalized spacial score (nSPS) is 16.6. The molecule has 31 heavy (non-hydrogen) atoms. The van der Waals surface area contributed by atoms with Crippen molar-refractivity contribution in [3.8, 4) is 11.5 Å². The average molecular weight is 436 g/mol. The van der Waals surface area contributed by atoms with E-state index in [4.69, 9.17) is 9.47 Å². The van der Waals surface area contributed by atoms with Gasteiger partial charge in [-0.05, 0) is 37.1 Å². The molecular formula is C22H20N4O4S. The molecule has 1 atom stereocenters. The number of amides is 2. The van der Waals surface area contributed by atoms with Gasteiger partial charge in [0.05, 0.1) is 21.6 Å². The Morgan fingerprint density at radius 3 is 3.06 bits per heavy atom. The number of hydrogen-bond donors (Lipinski definition) is 1. The standard InChI is InChI=1S/C22H20N4O4S/c27-21-15(10-24-25-21)4-2-8-26(11-16-3-1-5-18-20(16)30-13-29-18)22(28)14-6-7-17-19(9-14)31-12-23-17/h1,3,5-7,9-10,12,15H,2,4,8,11,13H2,(H,25,27). The van der Waals surface area contributed by atoms with Crippen molar-refractivity contribution in [3.05, 3.63) is 53.0 Å². The topological polar surface area (TPSA) is 93.1 Å². The van der Waals surface area contributed by atoms with Gasteiger partial charge in [0.2, 0.25) is 12.7 Å². The molecule has 3 heterocycles. The molecule has 1 aromatic heterocycles. The van der Waals surface area contributed by atoms with Crippen molar-refractivity contribution in [2.45, 2.75) is 19.4 Å². The molecule has 2 amide bonds. The van der Waals surface area contributed by atoms with Crippen LogP contribution < -0.4 is 14.9 Å². The van der Waals surface area contributed by atoms with Gasteiger partial charge >= 0.3 is 0 Å². The van der Waals surface area contributed by atoms with Crippen LogP contribution in [-0.2, 0) is 11.3 Å². The van der Waals surface area contributed by atoms with Crippen molar-refractivity contribution in [1.29, 1.82) is 0 Å². The Morgan fingerprint density at radius 1 is 1.26 bits per heavy atom. The molecule has 0 aliphatic carbocycles. The second kappa shape index (κ2) is 8.35. The third-order valence-corrected chi connectivity index (χ3v) is 6.21. The van der Waals surface area contributed by atoms with Crippen LogP contribution in [0.2, 0.25) is 0 Å². The highest BCUT2D eigenvalue weighted by Gasteiger charge is 2.24. The van der Waals surface area contributed by atoms with Crippen molar-refractivity contribution in [2.75, 3.05) is 13.3 Å². The molecule has 1 N–H and O–H groups in total. The lowest BCUT2D eigenvalue weighted by Gasteiger charge is -2.24. The molecule has 0 bridgehead atoms. The molecule has 5 rings (SSSR count). The molecule has 0 fully saturated rings. The van der Waals surface area contributed by atoms with E-state index in [1.54, 1.807) is 16.6 Å². The highest BCUT2D eigenvalue weighted by Crippen LogP contribution is 2.36. The summed E-state index contributed by atoms with van der Waals surface area (Å²) in [4.78, 5) is 31.3. The number of carbonyl (C=O) groups excluding carboxylic acids is 2. The molecule has 0 saturated carbocycles. The second-order valence-electron chi connectivity index (χ2n) is 7.42. The summed E-state index contributed by atoms with van der Waals surface area (Å²) in [6, 6.07) is 11.3. The maximum absolute atomic E-state index is 13.4. The van der Waals surface area contributed by atoms with Gasteiger partial charge in [-0.25, -0.2) is 10.4 Å². The van der Waals surface area contributed by atoms with Gasteiger partial charge in [0.15, 0.2) is 11.5 Å². The van der Waals surface area contributed by atoms with Gasteiger partial charge in [-0.1, -0.05) is 12.1 Å². The third kappa shape index (κ3) is 3.96. The zero-order valence-corrected chi connectivity index (χ0v) is 17.4. The van der Waals surface area contributed by atoms with E-state index in [2.05, 4.69) is 15.5 Å². The predicted molar refractivity (Wildman–Crippen MR) is 116 cm³/mol. The lowest BCUT2D eigenvalue weighted by Crippen LogP contribution is -2.32. The summed E-state index contributed by atoms with van der Waals surface area (Å²) in [5.41, 5.74) is 6.61. The smallest absolute Gasteiger partial charge is 0.254 e. The van der Waals surface area contributed by atoms with Crippen LogP contribution in [0.15, 0.2) is 47.0 Å². The number of nitrogens with one attached hydrogen (secondary N) is 1. The molecule has 2 aliphatic rings. The molecule has 1 unspecified atom stereocenters. The van der Waals surface area contributed by atoms with E-state index >= 15 is 0 Å². The van der Waals surface area contributed by atoms with Crippen molar-refractivity contribution >= 4 is 39.6 Å². The minimum absolute atomic E-state index is 0.0728. The summed E-state index contributed by atoms with van der Waals surface area (Å²) in [6.45, 7) is 1.07. The number of thiazole rings is 1. The number of nitrogens with zero attached hydrogens (tertiary/aromatic N) is 3. The average Bonchev–Trinajstić information content (AvgIpc) is 3.53. The fourth-order valence-electron chi connectivity index (χ4n) is 3.79. The van der Waals surface area contributed by atoms with Crippen molar-refractivity contribution in [3.63, 3.8) is 0 Å². The lowest BCUT2D eigenvalue weighted by molar-refractivity contribution is -0.122. The molecule has 0 radical (unpaired) electrons. The highest BCUT2D eigenvalue weighted by atomic mass is 32.1. The van der Waals surface area contributed by atoms with Gasteiger partial charge in [-0.15, -0.1) is 11.3 Å². The minimum Gasteiger partial charge on any atom is -0.454 e. The quantitative estimate of drug-likeness (QED) is 0.614. The molecule has 2 aromatic carbocycles. The van der Waals surface area contributed by atoms with Gasteiger partial charge in [0, 0.05) is 30.4 Å². The Hall–Kier alpha value is -3.46. The molecule has 2 aliphatic heterocycles. The van der Waals surface area contributed by atoms with Crippen LogP contribution in [-0.4, -0.2) is 41.3 Å². The summed E-state index contributed by atoms with van der Waals surface area (Å²) < 4.78 is 12.1. The fourth-order valence-corrected chi connectivity index (χ4v) is 4.51. The molecular weight excluding hydrogens is 416 g/mol. The minimum atomic E-state index is -0.247. The first-order valence-electron chi connectivity index (χ1n) is 10.0. The predicted octanol–water partition coefficient (Wildman–Crippen LogP) is 3.18. The lowest BCUT2D eigenvalue weighted by atomic mass is 10.0. The number of rotatable bonds is 7. The summed E-state index contributed by atoms with van der Waals surface area (Å²) in [5, 5.41) is 3.82. The van der Waals surface area contributed by atoms with E-state index in [1.165, 1.54) is 11.3 Å². The van der Waals surface area contributed by atoms with Crippen LogP contribution in [0.3, 0.4) is 0 Å². The fraction of sp³-hybridized carbons (Fsp3) is 0.273. The zero-order valence-electron chi connectivity index (χ0n) is 16.6. The maximum atomic E-state index is 13.4. The van der Waals surface area contributed by atoms with E-state index in [9.17, 15) is 9.59 Å². The van der Waals surface area contributed by atoms with Gasteiger partial charge in [0.25, 0.3) is 5.91 Å². The Labute approximate surface area is 182 Å².